The van der Waals surface area contributed by atoms with Crippen molar-refractivity contribution in [3.8, 4) is 0 Å². The van der Waals surface area contributed by atoms with Crippen LogP contribution in [0.4, 0.5) is 21.6 Å². The third kappa shape index (κ3) is 3.59. The Hall–Kier alpha value is -2.31. The van der Waals surface area contributed by atoms with Crippen LogP contribution in [0.2, 0.25) is 5.02 Å². The summed E-state index contributed by atoms with van der Waals surface area (Å²) >= 11 is 6.28. The number of aromatic nitrogens is 1. The molecular weight excluding hydrogens is 367 g/mol. The van der Waals surface area contributed by atoms with Gasteiger partial charge in [0.15, 0.2) is 0 Å². The minimum Gasteiger partial charge on any atom is -0.396 e. The number of halogens is 2. The number of benzene rings is 1. The van der Waals surface area contributed by atoms with Crippen molar-refractivity contribution in [1.29, 1.82) is 0 Å². The van der Waals surface area contributed by atoms with E-state index in [9.17, 15) is 4.39 Å². The van der Waals surface area contributed by atoms with Crippen molar-refractivity contribution in [2.24, 2.45) is 0 Å². The molecule has 1 fully saturated rings. The van der Waals surface area contributed by atoms with Gasteiger partial charge in [0.2, 0.25) is 0 Å². The number of nitrogens with one attached hydrogen (secondary N) is 1. The largest absolute Gasteiger partial charge is 0.396 e. The van der Waals surface area contributed by atoms with E-state index >= 15 is 0 Å². The molecule has 2 aliphatic heterocycles. The highest BCUT2D eigenvalue weighted by Crippen LogP contribution is 2.37. The van der Waals surface area contributed by atoms with E-state index in [0.717, 1.165) is 47.8 Å². The van der Waals surface area contributed by atoms with Gasteiger partial charge in [0, 0.05) is 48.8 Å². The van der Waals surface area contributed by atoms with Gasteiger partial charge in [-0.25, -0.2) is 9.37 Å². The van der Waals surface area contributed by atoms with Crippen LogP contribution < -0.4 is 16.0 Å². The lowest BCUT2D eigenvalue weighted by Gasteiger charge is -2.31. The van der Waals surface area contributed by atoms with E-state index in [1.807, 2.05) is 6.20 Å². The van der Waals surface area contributed by atoms with Crippen molar-refractivity contribution in [1.82, 2.24) is 4.98 Å². The molecule has 7 heteroatoms. The van der Waals surface area contributed by atoms with E-state index in [0.29, 0.717) is 24.2 Å². The van der Waals surface area contributed by atoms with Crippen molar-refractivity contribution in [3.63, 3.8) is 0 Å². The fraction of sp³-hybridized carbons (Fsp3) is 0.350. The predicted octanol–water partition coefficient (Wildman–Crippen LogP) is 4.04. The quantitative estimate of drug-likeness (QED) is 0.774. The van der Waals surface area contributed by atoms with E-state index in [1.165, 1.54) is 6.07 Å². The Morgan fingerprint density at radius 2 is 2.26 bits per heavy atom. The molecular formula is C20H22ClFN4O. The van der Waals surface area contributed by atoms with E-state index in [2.05, 4.69) is 34.3 Å². The Bertz CT molecular complexity index is 896. The van der Waals surface area contributed by atoms with Crippen LogP contribution in [0.1, 0.15) is 24.5 Å². The average molecular weight is 389 g/mol. The summed E-state index contributed by atoms with van der Waals surface area (Å²) in [6.07, 6.45) is 4.90. The van der Waals surface area contributed by atoms with Crippen LogP contribution in [0.5, 0.6) is 0 Å². The van der Waals surface area contributed by atoms with Crippen LogP contribution in [0.3, 0.4) is 0 Å². The van der Waals surface area contributed by atoms with Crippen molar-refractivity contribution in [2.45, 2.75) is 19.4 Å². The molecule has 3 heterocycles. The number of likely N-dealkylation sites (N-methyl/N-ethyl adjacent to an activating group) is 1. The molecule has 2 aromatic rings. The van der Waals surface area contributed by atoms with Gasteiger partial charge in [-0.2, -0.15) is 0 Å². The molecule has 0 bridgehead atoms. The van der Waals surface area contributed by atoms with Crippen molar-refractivity contribution in [2.75, 3.05) is 42.3 Å². The predicted molar refractivity (Wildman–Crippen MR) is 109 cm³/mol. The van der Waals surface area contributed by atoms with Gasteiger partial charge in [0.25, 0.3) is 0 Å². The molecule has 27 heavy (non-hydrogen) atoms. The summed E-state index contributed by atoms with van der Waals surface area (Å²) in [5, 5.41) is 3.80. The molecule has 0 radical (unpaired) electrons. The van der Waals surface area contributed by atoms with Crippen LogP contribution in [0, 0.1) is 5.82 Å². The normalized spacial score (nSPS) is 19.0. The number of pyridine rings is 1. The first kappa shape index (κ1) is 18.1. The number of rotatable bonds is 4. The van der Waals surface area contributed by atoms with E-state index in [-0.39, 0.29) is 5.69 Å². The van der Waals surface area contributed by atoms with E-state index in [1.54, 1.807) is 6.07 Å². The van der Waals surface area contributed by atoms with Gasteiger partial charge in [0.05, 0.1) is 23.4 Å². The fourth-order valence-electron chi connectivity index (χ4n) is 3.56. The number of hydrogen-bond donors (Lipinski definition) is 2. The molecule has 0 saturated carbocycles. The zero-order valence-electron chi connectivity index (χ0n) is 15.1. The van der Waals surface area contributed by atoms with Gasteiger partial charge < -0.3 is 20.7 Å². The molecule has 1 saturated heterocycles. The number of anilines is 3. The number of hydrogen-bond acceptors (Lipinski definition) is 5. The van der Waals surface area contributed by atoms with Gasteiger partial charge >= 0.3 is 0 Å². The Morgan fingerprint density at radius 1 is 1.41 bits per heavy atom. The zero-order chi connectivity index (χ0) is 19.0. The van der Waals surface area contributed by atoms with Crippen LogP contribution >= 0.6 is 11.6 Å². The van der Waals surface area contributed by atoms with Crippen molar-refractivity contribution < 1.29 is 9.13 Å². The molecule has 5 nitrogen and oxygen atoms in total. The monoisotopic (exact) mass is 388 g/mol. The first-order chi connectivity index (χ1) is 13.0. The van der Waals surface area contributed by atoms with Gasteiger partial charge in [-0.05, 0) is 37.1 Å². The summed E-state index contributed by atoms with van der Waals surface area (Å²) in [5.74, 6) is 0.352. The molecule has 0 aliphatic carbocycles. The first-order valence-corrected chi connectivity index (χ1v) is 9.47. The number of nitrogens with two attached hydrogens (primary N) is 1. The number of ether oxygens (including phenoxy) is 1. The lowest BCUT2D eigenvalue weighted by Crippen LogP contribution is -2.28. The fourth-order valence-corrected chi connectivity index (χ4v) is 3.83. The van der Waals surface area contributed by atoms with Crippen LogP contribution in [-0.4, -0.2) is 37.3 Å². The topological polar surface area (TPSA) is 63.4 Å². The summed E-state index contributed by atoms with van der Waals surface area (Å²) < 4.78 is 19.1. The Kier molecular flexibility index (Phi) is 4.93. The second kappa shape index (κ2) is 7.37. The zero-order valence-corrected chi connectivity index (χ0v) is 15.9. The third-order valence-corrected chi connectivity index (χ3v) is 5.35. The van der Waals surface area contributed by atoms with Crippen LogP contribution in [0.25, 0.3) is 11.6 Å². The highest BCUT2D eigenvalue weighted by molar-refractivity contribution is 6.32. The van der Waals surface area contributed by atoms with Gasteiger partial charge in [0.1, 0.15) is 11.6 Å². The van der Waals surface area contributed by atoms with Gasteiger partial charge in [-0.15, -0.1) is 0 Å². The SMILES string of the molecule is CCN1CC(c2cc(N)c(F)cc2Cl)=Cc2cnc(NC3CCOC3)cc21. The highest BCUT2D eigenvalue weighted by Gasteiger charge is 2.22. The molecule has 3 N–H and O–H groups in total. The van der Waals surface area contributed by atoms with Crippen molar-refractivity contribution >= 4 is 40.4 Å². The molecule has 142 valence electrons. The van der Waals surface area contributed by atoms with E-state index in [4.69, 9.17) is 22.1 Å². The minimum atomic E-state index is -0.499. The van der Waals surface area contributed by atoms with Crippen LogP contribution in [0.15, 0.2) is 24.4 Å². The first-order valence-electron chi connectivity index (χ1n) is 9.10. The molecule has 1 aromatic carbocycles. The Balaban J connectivity index is 1.68. The molecule has 2 aliphatic rings. The number of fused-ring (bicyclic) bond motifs is 1. The molecule has 1 atom stereocenters. The molecule has 0 amide bonds. The van der Waals surface area contributed by atoms with E-state index < -0.39 is 5.82 Å². The summed E-state index contributed by atoms with van der Waals surface area (Å²) in [7, 11) is 0. The van der Waals surface area contributed by atoms with Gasteiger partial charge in [-0.3, -0.25) is 0 Å². The van der Waals surface area contributed by atoms with Gasteiger partial charge in [-0.1, -0.05) is 11.6 Å². The second-order valence-corrected chi connectivity index (χ2v) is 7.28. The molecule has 1 aromatic heterocycles. The summed E-state index contributed by atoms with van der Waals surface area (Å²) in [4.78, 5) is 6.80. The van der Waals surface area contributed by atoms with Crippen LogP contribution in [-0.2, 0) is 4.74 Å². The third-order valence-electron chi connectivity index (χ3n) is 5.04. The molecule has 0 spiro atoms. The molecule has 1 unspecified atom stereocenters. The maximum atomic E-state index is 13.7. The minimum absolute atomic E-state index is 0.0978. The van der Waals surface area contributed by atoms with Crippen molar-refractivity contribution in [3.05, 3.63) is 46.4 Å². The number of nitrogens with zero attached hydrogens (tertiary/aromatic N) is 2. The Labute approximate surface area is 163 Å². The lowest BCUT2D eigenvalue weighted by atomic mass is 9.97. The smallest absolute Gasteiger partial charge is 0.147 e. The standard InChI is InChI=1S/C20H22ClFN4O/c1-2-26-10-13(15-6-18(23)17(22)7-16(15)21)5-12-9-24-20(8-19(12)26)25-14-3-4-27-11-14/h5-9,14H,2-4,10-11,23H2,1H3,(H,24,25). The summed E-state index contributed by atoms with van der Waals surface area (Å²) in [6.45, 7) is 5.10. The second-order valence-electron chi connectivity index (χ2n) is 6.87. The lowest BCUT2D eigenvalue weighted by molar-refractivity contribution is 0.195. The number of nitrogen functional groups attached to an aromatic ring is 1. The Morgan fingerprint density at radius 3 is 3.00 bits per heavy atom. The highest BCUT2D eigenvalue weighted by atomic mass is 35.5. The average Bonchev–Trinajstić information content (AvgIpc) is 3.17. The summed E-state index contributed by atoms with van der Waals surface area (Å²) in [5.41, 5.74) is 9.72. The maximum Gasteiger partial charge on any atom is 0.147 e. The maximum absolute atomic E-state index is 13.7. The summed E-state index contributed by atoms with van der Waals surface area (Å²) in [6, 6.07) is 5.26. The molecule has 4 rings (SSSR count).